The molecule has 1 rings (SSSR count). The summed E-state index contributed by atoms with van der Waals surface area (Å²) in [6.07, 6.45) is 3.54. The fourth-order valence-electron chi connectivity index (χ4n) is 1.85. The molecule has 1 aliphatic rings. The molecule has 0 spiro atoms. The third-order valence-electron chi connectivity index (χ3n) is 2.31. The molecule has 1 saturated heterocycles. The Bertz CT molecular complexity index is 212. The van der Waals surface area contributed by atoms with Crippen molar-refractivity contribution in [2.45, 2.75) is 47.3 Å². The SMILES string of the molecule is C/C(=[CH]/[Sn]([CH3])([CH3])[CH3])COC1CCCCO1. The van der Waals surface area contributed by atoms with E-state index in [1.54, 1.807) is 0 Å². The topological polar surface area (TPSA) is 18.5 Å². The van der Waals surface area contributed by atoms with Gasteiger partial charge in [0.1, 0.15) is 0 Å². The molecule has 0 radical (unpaired) electrons. The van der Waals surface area contributed by atoms with E-state index in [-0.39, 0.29) is 6.29 Å². The maximum atomic E-state index is 5.73. The second kappa shape index (κ2) is 6.26. The van der Waals surface area contributed by atoms with Crippen LogP contribution in [0.5, 0.6) is 0 Å². The summed E-state index contributed by atoms with van der Waals surface area (Å²) in [5.41, 5.74) is 1.38. The van der Waals surface area contributed by atoms with Crippen LogP contribution in [0.3, 0.4) is 0 Å². The van der Waals surface area contributed by atoms with E-state index in [1.165, 1.54) is 18.4 Å². The van der Waals surface area contributed by atoms with Crippen molar-refractivity contribution >= 4 is 18.4 Å². The van der Waals surface area contributed by atoms with Crippen molar-refractivity contribution in [3.63, 3.8) is 0 Å². The summed E-state index contributed by atoms with van der Waals surface area (Å²) in [6, 6.07) is 0. The second-order valence-corrected chi connectivity index (χ2v) is 19.8. The van der Waals surface area contributed by atoms with Crippen molar-refractivity contribution in [1.29, 1.82) is 0 Å². The third-order valence-corrected chi connectivity index (χ3v) is 6.19. The molecule has 15 heavy (non-hydrogen) atoms. The Balaban J connectivity index is 2.26. The van der Waals surface area contributed by atoms with Crippen molar-refractivity contribution in [2.75, 3.05) is 13.2 Å². The van der Waals surface area contributed by atoms with Crippen LogP contribution < -0.4 is 0 Å². The summed E-state index contributed by atoms with van der Waals surface area (Å²) in [5, 5.41) is 0. The van der Waals surface area contributed by atoms with Gasteiger partial charge in [-0.05, 0) is 0 Å². The Labute approximate surface area is 97.9 Å². The molecule has 0 aromatic rings. The Morgan fingerprint density at radius 2 is 2.13 bits per heavy atom. The van der Waals surface area contributed by atoms with E-state index in [2.05, 4.69) is 25.8 Å². The molecule has 0 aliphatic carbocycles. The van der Waals surface area contributed by atoms with Crippen LogP contribution >= 0.6 is 0 Å². The molecular formula is C12H24O2Sn. The molecule has 0 saturated carbocycles. The Hall–Kier alpha value is 0.459. The van der Waals surface area contributed by atoms with Crippen molar-refractivity contribution in [3.8, 4) is 0 Å². The first-order valence-electron chi connectivity index (χ1n) is 5.89. The molecule has 1 fully saturated rings. The van der Waals surface area contributed by atoms with Gasteiger partial charge >= 0.3 is 98.0 Å². The Kier molecular flexibility index (Phi) is 5.64. The second-order valence-electron chi connectivity index (χ2n) is 5.46. The van der Waals surface area contributed by atoms with Crippen LogP contribution in [0.4, 0.5) is 0 Å². The first-order valence-corrected chi connectivity index (χ1v) is 16.1. The van der Waals surface area contributed by atoms with Gasteiger partial charge in [0.05, 0.1) is 0 Å². The number of hydrogen-bond donors (Lipinski definition) is 0. The van der Waals surface area contributed by atoms with E-state index in [0.717, 1.165) is 19.6 Å². The number of rotatable bonds is 4. The van der Waals surface area contributed by atoms with Gasteiger partial charge in [0, 0.05) is 0 Å². The van der Waals surface area contributed by atoms with Gasteiger partial charge in [-0.2, -0.15) is 0 Å². The maximum absolute atomic E-state index is 5.73. The normalized spacial score (nSPS) is 24.3. The van der Waals surface area contributed by atoms with Gasteiger partial charge in [-0.1, -0.05) is 0 Å². The van der Waals surface area contributed by atoms with Gasteiger partial charge in [-0.25, -0.2) is 0 Å². The molecule has 2 nitrogen and oxygen atoms in total. The predicted octanol–water partition coefficient (Wildman–Crippen LogP) is 3.35. The minimum absolute atomic E-state index is 0.0530. The number of hydrogen-bond acceptors (Lipinski definition) is 2. The summed E-state index contributed by atoms with van der Waals surface area (Å²) in [4.78, 5) is 7.24. The van der Waals surface area contributed by atoms with Crippen molar-refractivity contribution in [3.05, 3.63) is 9.67 Å². The quantitative estimate of drug-likeness (QED) is 0.740. The first kappa shape index (κ1) is 13.5. The van der Waals surface area contributed by atoms with Crippen LogP contribution in [0.25, 0.3) is 0 Å². The van der Waals surface area contributed by atoms with E-state index in [1.807, 2.05) is 0 Å². The molecular weight excluding hydrogens is 295 g/mol. The van der Waals surface area contributed by atoms with E-state index < -0.39 is 18.4 Å². The molecule has 1 heterocycles. The Morgan fingerprint density at radius 1 is 1.40 bits per heavy atom. The van der Waals surface area contributed by atoms with Crippen molar-refractivity contribution < 1.29 is 9.47 Å². The van der Waals surface area contributed by atoms with Gasteiger partial charge < -0.3 is 0 Å². The molecule has 3 heteroatoms. The van der Waals surface area contributed by atoms with Crippen LogP contribution in [-0.2, 0) is 9.47 Å². The fraction of sp³-hybridized carbons (Fsp3) is 0.833. The van der Waals surface area contributed by atoms with Crippen LogP contribution in [-0.4, -0.2) is 37.9 Å². The molecule has 1 unspecified atom stereocenters. The fourth-order valence-corrected chi connectivity index (χ4v) is 6.31. The summed E-state index contributed by atoms with van der Waals surface area (Å²) < 4.78 is 13.7. The molecule has 0 bridgehead atoms. The minimum atomic E-state index is -1.77. The molecule has 0 aromatic carbocycles. The zero-order chi connectivity index (χ0) is 11.3. The van der Waals surface area contributed by atoms with E-state index in [4.69, 9.17) is 9.47 Å². The summed E-state index contributed by atoms with van der Waals surface area (Å²) in [7, 11) is 0. The van der Waals surface area contributed by atoms with Gasteiger partial charge in [0.25, 0.3) is 0 Å². The summed E-state index contributed by atoms with van der Waals surface area (Å²) in [5.74, 6) is 0. The van der Waals surface area contributed by atoms with Crippen LogP contribution in [0.1, 0.15) is 26.2 Å². The van der Waals surface area contributed by atoms with Gasteiger partial charge in [-0.15, -0.1) is 0 Å². The molecule has 0 aromatic heterocycles. The van der Waals surface area contributed by atoms with E-state index in [0.29, 0.717) is 0 Å². The predicted molar refractivity (Wildman–Crippen MR) is 66.6 cm³/mol. The average Bonchev–Trinajstić information content (AvgIpc) is 2.14. The van der Waals surface area contributed by atoms with Crippen LogP contribution in [0.15, 0.2) is 9.67 Å². The summed E-state index contributed by atoms with van der Waals surface area (Å²) >= 11 is -1.77. The summed E-state index contributed by atoms with van der Waals surface area (Å²) in [6.45, 7) is 3.79. The zero-order valence-corrected chi connectivity index (χ0v) is 13.4. The Morgan fingerprint density at radius 3 is 2.67 bits per heavy atom. The zero-order valence-electron chi connectivity index (χ0n) is 10.5. The van der Waals surface area contributed by atoms with Gasteiger partial charge in [0.2, 0.25) is 0 Å². The molecule has 1 atom stereocenters. The average molecular weight is 319 g/mol. The van der Waals surface area contributed by atoms with E-state index >= 15 is 0 Å². The molecule has 0 amide bonds. The van der Waals surface area contributed by atoms with E-state index in [9.17, 15) is 0 Å². The van der Waals surface area contributed by atoms with Crippen LogP contribution in [0, 0.1) is 0 Å². The monoisotopic (exact) mass is 320 g/mol. The molecule has 0 N–H and O–H groups in total. The standard InChI is InChI=1S/C9H15O2.3CH3.Sn/c1-8(2)7-11-9-5-3-4-6-10-9;;;;/h1,9H,3-7H2,2H3;3*1H3;. The van der Waals surface area contributed by atoms with Gasteiger partial charge in [-0.3, -0.25) is 0 Å². The molecule has 1 aliphatic heterocycles. The third kappa shape index (κ3) is 6.59. The van der Waals surface area contributed by atoms with Crippen molar-refractivity contribution in [1.82, 2.24) is 0 Å². The van der Waals surface area contributed by atoms with Crippen LogP contribution in [0.2, 0.25) is 14.8 Å². The first-order chi connectivity index (χ1) is 6.97. The molecule has 88 valence electrons. The van der Waals surface area contributed by atoms with Gasteiger partial charge in [0.15, 0.2) is 0 Å². The van der Waals surface area contributed by atoms with Crippen molar-refractivity contribution in [2.24, 2.45) is 0 Å². The number of ether oxygens (including phenoxy) is 2.